The summed E-state index contributed by atoms with van der Waals surface area (Å²) in [5.74, 6) is 0.522. The van der Waals surface area contributed by atoms with Gasteiger partial charge in [0.2, 0.25) is 5.91 Å². The maximum Gasteiger partial charge on any atom is 0.232 e. The van der Waals surface area contributed by atoms with E-state index in [2.05, 4.69) is 20.7 Å². The summed E-state index contributed by atoms with van der Waals surface area (Å²) in [5.41, 5.74) is 2.02. The van der Waals surface area contributed by atoms with E-state index in [-0.39, 0.29) is 11.8 Å². The number of guanidine groups is 1. The number of hydrogen-bond acceptors (Lipinski definition) is 4. The molecule has 2 aromatic rings. The lowest BCUT2D eigenvalue weighted by Crippen LogP contribution is -2.47. The summed E-state index contributed by atoms with van der Waals surface area (Å²) >= 11 is 0. The number of amides is 1. The first-order chi connectivity index (χ1) is 14.2. The van der Waals surface area contributed by atoms with Crippen LogP contribution >= 0.6 is 0 Å². The average molecular weight is 399 g/mol. The third-order valence-electron chi connectivity index (χ3n) is 4.96. The summed E-state index contributed by atoms with van der Waals surface area (Å²) in [6.45, 7) is 6.20. The van der Waals surface area contributed by atoms with Crippen molar-refractivity contribution in [3.8, 4) is 0 Å². The number of aromatic nitrogens is 2. The number of nitrogens with one attached hydrogen (secondary N) is 2. The van der Waals surface area contributed by atoms with Gasteiger partial charge in [0.25, 0.3) is 0 Å². The largest absolute Gasteiger partial charge is 0.378 e. The van der Waals surface area contributed by atoms with Crippen molar-refractivity contribution in [3.63, 3.8) is 0 Å². The summed E-state index contributed by atoms with van der Waals surface area (Å²) in [6.07, 6.45) is 1.76. The summed E-state index contributed by atoms with van der Waals surface area (Å²) < 4.78 is 7.20. The highest BCUT2D eigenvalue weighted by atomic mass is 16.5. The third kappa shape index (κ3) is 5.80. The Kier molecular flexibility index (Phi) is 7.63. The first-order valence-corrected chi connectivity index (χ1v) is 10.1. The third-order valence-corrected chi connectivity index (χ3v) is 4.96. The van der Waals surface area contributed by atoms with Crippen LogP contribution in [-0.4, -0.2) is 65.9 Å². The fraction of sp³-hybridized carbons (Fsp3) is 0.476. The summed E-state index contributed by atoms with van der Waals surface area (Å²) in [5, 5.41) is 10.8. The van der Waals surface area contributed by atoms with Gasteiger partial charge in [0.15, 0.2) is 5.96 Å². The summed E-state index contributed by atoms with van der Waals surface area (Å²) in [4.78, 5) is 19.8. The molecule has 1 aliphatic heterocycles. The molecule has 1 aromatic heterocycles. The fourth-order valence-corrected chi connectivity index (χ4v) is 3.29. The van der Waals surface area contributed by atoms with Crippen LogP contribution in [-0.2, 0) is 23.1 Å². The molecule has 156 valence electrons. The lowest BCUT2D eigenvalue weighted by Gasteiger charge is -2.31. The average Bonchev–Trinajstić information content (AvgIpc) is 3.18. The standard InChI is InChI=1S/C21H30N6O2/c1-3-22-21(23-15-18-9-10-25-26(18)2)24-16-19(17-7-5-4-6-8-17)20(28)27-11-13-29-14-12-27/h4-10,19H,3,11-16H2,1-2H3,(H2,22,23,24). The molecule has 1 aliphatic rings. The van der Waals surface area contributed by atoms with Crippen LogP contribution in [0.25, 0.3) is 0 Å². The zero-order valence-electron chi connectivity index (χ0n) is 17.2. The van der Waals surface area contributed by atoms with Gasteiger partial charge in [0.1, 0.15) is 0 Å². The van der Waals surface area contributed by atoms with Crippen LogP contribution in [0, 0.1) is 0 Å². The van der Waals surface area contributed by atoms with Crippen molar-refractivity contribution < 1.29 is 9.53 Å². The van der Waals surface area contributed by atoms with E-state index in [1.165, 1.54) is 0 Å². The highest BCUT2D eigenvalue weighted by Gasteiger charge is 2.27. The lowest BCUT2D eigenvalue weighted by atomic mass is 9.97. The molecule has 1 unspecified atom stereocenters. The van der Waals surface area contributed by atoms with Gasteiger partial charge in [-0.15, -0.1) is 0 Å². The quantitative estimate of drug-likeness (QED) is 0.539. The Morgan fingerprint density at radius 2 is 1.97 bits per heavy atom. The number of hydrogen-bond donors (Lipinski definition) is 2. The molecule has 2 N–H and O–H groups in total. The number of ether oxygens (including phenoxy) is 1. The molecule has 0 bridgehead atoms. The van der Waals surface area contributed by atoms with Crippen molar-refractivity contribution in [2.24, 2.45) is 12.0 Å². The minimum absolute atomic E-state index is 0.120. The van der Waals surface area contributed by atoms with E-state index in [9.17, 15) is 4.79 Å². The molecule has 3 rings (SSSR count). The zero-order valence-corrected chi connectivity index (χ0v) is 17.2. The Balaban J connectivity index is 1.71. The second-order valence-electron chi connectivity index (χ2n) is 6.92. The van der Waals surface area contributed by atoms with Gasteiger partial charge in [-0.25, -0.2) is 4.99 Å². The zero-order chi connectivity index (χ0) is 20.5. The molecule has 1 amide bonds. The Bertz CT molecular complexity index is 799. The molecule has 0 radical (unpaired) electrons. The maximum atomic E-state index is 13.2. The Labute approximate surface area is 171 Å². The lowest BCUT2D eigenvalue weighted by molar-refractivity contribution is -0.136. The molecular formula is C21H30N6O2. The van der Waals surface area contributed by atoms with E-state index in [1.54, 1.807) is 6.20 Å². The maximum absolute atomic E-state index is 13.2. The van der Waals surface area contributed by atoms with Crippen molar-refractivity contribution in [1.82, 2.24) is 25.3 Å². The second-order valence-corrected chi connectivity index (χ2v) is 6.92. The van der Waals surface area contributed by atoms with E-state index in [0.29, 0.717) is 45.4 Å². The highest BCUT2D eigenvalue weighted by molar-refractivity contribution is 5.86. The first kappa shape index (κ1) is 20.9. The summed E-state index contributed by atoms with van der Waals surface area (Å²) in [7, 11) is 1.90. The predicted molar refractivity (Wildman–Crippen MR) is 113 cm³/mol. The molecule has 8 heteroatoms. The number of benzene rings is 1. The molecule has 2 heterocycles. The number of aliphatic imine (C=N–C) groups is 1. The van der Waals surface area contributed by atoms with Crippen molar-refractivity contribution in [2.45, 2.75) is 19.4 Å². The molecule has 0 saturated carbocycles. The number of rotatable bonds is 7. The van der Waals surface area contributed by atoms with Crippen LogP contribution in [0.3, 0.4) is 0 Å². The van der Waals surface area contributed by atoms with Crippen molar-refractivity contribution in [1.29, 1.82) is 0 Å². The van der Waals surface area contributed by atoms with Gasteiger partial charge >= 0.3 is 0 Å². The van der Waals surface area contributed by atoms with Crippen LogP contribution in [0.15, 0.2) is 47.6 Å². The molecular weight excluding hydrogens is 368 g/mol. The minimum atomic E-state index is -0.283. The second kappa shape index (κ2) is 10.6. The number of morpholine rings is 1. The van der Waals surface area contributed by atoms with E-state index < -0.39 is 0 Å². The van der Waals surface area contributed by atoms with Crippen molar-refractivity contribution in [2.75, 3.05) is 39.4 Å². The van der Waals surface area contributed by atoms with E-state index in [4.69, 9.17) is 4.74 Å². The van der Waals surface area contributed by atoms with Gasteiger partial charge in [-0.3, -0.25) is 9.48 Å². The first-order valence-electron chi connectivity index (χ1n) is 10.1. The minimum Gasteiger partial charge on any atom is -0.378 e. The van der Waals surface area contributed by atoms with Crippen LogP contribution in [0.5, 0.6) is 0 Å². The molecule has 8 nitrogen and oxygen atoms in total. The number of carbonyl (C=O) groups is 1. The van der Waals surface area contributed by atoms with Crippen LogP contribution in [0.2, 0.25) is 0 Å². The highest BCUT2D eigenvalue weighted by Crippen LogP contribution is 2.19. The normalized spacial score (nSPS) is 15.8. The van der Waals surface area contributed by atoms with E-state index in [0.717, 1.165) is 17.8 Å². The number of aryl methyl sites for hydroxylation is 1. The van der Waals surface area contributed by atoms with E-state index >= 15 is 0 Å². The van der Waals surface area contributed by atoms with Gasteiger partial charge in [0, 0.05) is 39.4 Å². The van der Waals surface area contributed by atoms with Gasteiger partial charge in [-0.2, -0.15) is 5.10 Å². The molecule has 1 fully saturated rings. The topological polar surface area (TPSA) is 83.8 Å². The fourth-order valence-electron chi connectivity index (χ4n) is 3.29. The number of carbonyl (C=O) groups excluding carboxylic acids is 1. The smallest absolute Gasteiger partial charge is 0.232 e. The van der Waals surface area contributed by atoms with Crippen LogP contribution < -0.4 is 10.6 Å². The molecule has 1 saturated heterocycles. The molecule has 0 aliphatic carbocycles. The Morgan fingerprint density at radius 1 is 1.21 bits per heavy atom. The SMILES string of the molecule is CCNC(=NCc1ccnn1C)NCC(C(=O)N1CCOCC1)c1ccccc1. The Hall–Kier alpha value is -2.87. The van der Waals surface area contributed by atoms with Crippen molar-refractivity contribution in [3.05, 3.63) is 53.9 Å². The Morgan fingerprint density at radius 3 is 2.62 bits per heavy atom. The molecule has 29 heavy (non-hydrogen) atoms. The predicted octanol–water partition coefficient (Wildman–Crippen LogP) is 1.12. The van der Waals surface area contributed by atoms with Gasteiger partial charge in [-0.05, 0) is 18.6 Å². The van der Waals surface area contributed by atoms with Gasteiger partial charge in [0.05, 0.1) is 31.4 Å². The monoisotopic (exact) mass is 398 g/mol. The number of nitrogens with zero attached hydrogens (tertiary/aromatic N) is 4. The summed E-state index contributed by atoms with van der Waals surface area (Å²) in [6, 6.07) is 11.9. The molecule has 0 spiro atoms. The van der Waals surface area contributed by atoms with Crippen LogP contribution in [0.1, 0.15) is 24.1 Å². The van der Waals surface area contributed by atoms with Gasteiger partial charge < -0.3 is 20.3 Å². The van der Waals surface area contributed by atoms with E-state index in [1.807, 2.05) is 60.0 Å². The molecule has 1 atom stereocenters. The van der Waals surface area contributed by atoms with Crippen LogP contribution in [0.4, 0.5) is 0 Å². The van der Waals surface area contributed by atoms with Crippen molar-refractivity contribution >= 4 is 11.9 Å². The molecule has 1 aromatic carbocycles. The van der Waals surface area contributed by atoms with Gasteiger partial charge in [-0.1, -0.05) is 30.3 Å².